The number of pyridine rings is 1. The second-order valence-electron chi connectivity index (χ2n) is 9.45. The van der Waals surface area contributed by atoms with E-state index in [1.54, 1.807) is 19.4 Å². The first kappa shape index (κ1) is 23.6. The van der Waals surface area contributed by atoms with E-state index in [1.807, 2.05) is 30.3 Å². The van der Waals surface area contributed by atoms with Crippen molar-refractivity contribution in [2.75, 3.05) is 18.1 Å². The Balaban J connectivity index is 1.91. The molecule has 0 fully saturated rings. The molecule has 3 aromatic carbocycles. The molecule has 0 unspecified atom stereocenters. The van der Waals surface area contributed by atoms with Gasteiger partial charge in [0.2, 0.25) is 15.6 Å². The van der Waals surface area contributed by atoms with Crippen molar-refractivity contribution in [1.82, 2.24) is 4.98 Å². The molecular weight excluding hydrogens is 448 g/mol. The van der Waals surface area contributed by atoms with E-state index in [0.29, 0.717) is 5.69 Å². The van der Waals surface area contributed by atoms with Crippen LogP contribution < -0.4 is 15.0 Å². The molecule has 1 aromatic heterocycles. The summed E-state index contributed by atoms with van der Waals surface area (Å²) < 4.78 is 31.6. The molecule has 0 spiro atoms. The number of H-pyrrole nitrogens is 1. The second kappa shape index (κ2) is 8.65. The van der Waals surface area contributed by atoms with Crippen molar-refractivity contribution in [2.45, 2.75) is 26.2 Å². The monoisotopic (exact) mass is 476 g/mol. The van der Waals surface area contributed by atoms with Crippen molar-refractivity contribution >= 4 is 26.5 Å². The summed E-state index contributed by atoms with van der Waals surface area (Å²) in [7, 11) is -1.67. The summed E-state index contributed by atoms with van der Waals surface area (Å²) in [6, 6.07) is 19.0. The number of methoxy groups -OCH3 is 1. The van der Waals surface area contributed by atoms with Gasteiger partial charge in [-0.1, -0.05) is 39.0 Å². The van der Waals surface area contributed by atoms with Gasteiger partial charge in [-0.3, -0.25) is 9.52 Å². The average molecular weight is 477 g/mol. The van der Waals surface area contributed by atoms with Gasteiger partial charge in [-0.05, 0) is 69.3 Å². The molecule has 0 atom stereocenters. The maximum absolute atomic E-state index is 11.6. The summed E-state index contributed by atoms with van der Waals surface area (Å²) in [4.78, 5) is 14.3. The Morgan fingerprint density at radius 3 is 2.15 bits per heavy atom. The van der Waals surface area contributed by atoms with Gasteiger partial charge in [0.1, 0.15) is 5.75 Å². The zero-order valence-corrected chi connectivity index (χ0v) is 20.7. The Hall–Kier alpha value is -3.58. The number of hydrogen-bond donors (Lipinski definition) is 2. The maximum atomic E-state index is 11.6. The van der Waals surface area contributed by atoms with Crippen molar-refractivity contribution in [1.29, 1.82) is 0 Å². The quantitative estimate of drug-likeness (QED) is 0.396. The number of sulfonamides is 1. The van der Waals surface area contributed by atoms with Crippen LogP contribution in [0.1, 0.15) is 26.3 Å². The Morgan fingerprint density at radius 1 is 0.853 bits per heavy atom. The number of aromatic amines is 1. The number of ether oxygens (including phenoxy) is 1. The van der Waals surface area contributed by atoms with Crippen molar-refractivity contribution in [3.63, 3.8) is 0 Å². The molecule has 2 N–H and O–H groups in total. The average Bonchev–Trinajstić information content (AvgIpc) is 2.76. The number of fused-ring (bicyclic) bond motifs is 1. The zero-order valence-electron chi connectivity index (χ0n) is 19.9. The van der Waals surface area contributed by atoms with Gasteiger partial charge in [-0.15, -0.1) is 0 Å². The van der Waals surface area contributed by atoms with Crippen molar-refractivity contribution in [3.05, 3.63) is 82.8 Å². The minimum Gasteiger partial charge on any atom is -0.496 e. The second-order valence-corrected chi connectivity index (χ2v) is 11.2. The van der Waals surface area contributed by atoms with E-state index in [2.05, 4.69) is 48.7 Å². The molecule has 6 nitrogen and oxygen atoms in total. The smallest absolute Gasteiger partial charge is 0.247 e. The van der Waals surface area contributed by atoms with E-state index in [4.69, 9.17) is 4.74 Å². The number of hydrogen-bond acceptors (Lipinski definition) is 4. The van der Waals surface area contributed by atoms with Crippen molar-refractivity contribution < 1.29 is 13.2 Å². The van der Waals surface area contributed by atoms with Gasteiger partial charge in [-0.25, -0.2) is 8.42 Å². The van der Waals surface area contributed by atoms with Crippen LogP contribution in [-0.4, -0.2) is 26.8 Å². The molecule has 0 aliphatic carbocycles. The first-order valence-electron chi connectivity index (χ1n) is 10.9. The largest absolute Gasteiger partial charge is 0.496 e. The molecule has 34 heavy (non-hydrogen) atoms. The molecule has 0 radical (unpaired) electrons. The Kier molecular flexibility index (Phi) is 6.00. The van der Waals surface area contributed by atoms with Gasteiger partial charge < -0.3 is 9.72 Å². The van der Waals surface area contributed by atoms with E-state index >= 15 is 0 Å². The Morgan fingerprint density at radius 2 is 1.53 bits per heavy atom. The van der Waals surface area contributed by atoms with Crippen LogP contribution in [0.5, 0.6) is 5.75 Å². The fourth-order valence-corrected chi connectivity index (χ4v) is 4.62. The van der Waals surface area contributed by atoms with Crippen LogP contribution in [0.4, 0.5) is 5.69 Å². The lowest BCUT2D eigenvalue weighted by atomic mass is 9.82. The molecule has 4 rings (SSSR count). The van der Waals surface area contributed by atoms with Gasteiger partial charge in [0, 0.05) is 29.1 Å². The van der Waals surface area contributed by atoms with Gasteiger partial charge in [-0.2, -0.15) is 0 Å². The molecule has 4 aromatic rings. The highest BCUT2D eigenvalue weighted by Gasteiger charge is 2.23. The molecule has 0 amide bonds. The predicted molar refractivity (Wildman–Crippen MR) is 139 cm³/mol. The molecule has 176 valence electrons. The lowest BCUT2D eigenvalue weighted by molar-refractivity contribution is 0.399. The molecule has 0 bridgehead atoms. The standard InChI is InChI=1S/C27H28N2O4S/c1-27(2,3)24-15-21(20-9-11-25(30)28-16-20)14-23(26(24)33-4)19-7-6-18-13-22(29-34(5,31)32)10-8-17(18)12-19/h6-16,29H,1-5H3,(H,28,30). The third kappa shape index (κ3) is 4.99. The molecule has 0 saturated heterocycles. The van der Waals surface area contributed by atoms with Crippen molar-refractivity contribution in [3.8, 4) is 28.0 Å². The summed E-state index contributed by atoms with van der Waals surface area (Å²) in [5.74, 6) is 0.801. The molecule has 0 aliphatic rings. The maximum Gasteiger partial charge on any atom is 0.247 e. The molecule has 0 aliphatic heterocycles. The van der Waals surface area contributed by atoms with E-state index in [0.717, 1.165) is 50.6 Å². The fourth-order valence-electron chi connectivity index (χ4n) is 4.07. The first-order valence-corrected chi connectivity index (χ1v) is 12.8. The van der Waals surface area contributed by atoms with Crippen LogP contribution in [0.15, 0.2) is 71.7 Å². The van der Waals surface area contributed by atoms with Crippen LogP contribution in [-0.2, 0) is 15.4 Å². The van der Waals surface area contributed by atoms with E-state index in [1.165, 1.54) is 6.07 Å². The number of aromatic nitrogens is 1. The topological polar surface area (TPSA) is 88.3 Å². The number of rotatable bonds is 5. The number of nitrogens with one attached hydrogen (secondary N) is 2. The molecule has 1 heterocycles. The third-order valence-electron chi connectivity index (χ3n) is 5.67. The minimum atomic E-state index is -3.35. The first-order chi connectivity index (χ1) is 15.9. The summed E-state index contributed by atoms with van der Waals surface area (Å²) in [5, 5.41) is 1.90. The highest BCUT2D eigenvalue weighted by molar-refractivity contribution is 7.92. The van der Waals surface area contributed by atoms with Crippen molar-refractivity contribution in [2.24, 2.45) is 0 Å². The summed E-state index contributed by atoms with van der Waals surface area (Å²) >= 11 is 0. The third-order valence-corrected chi connectivity index (χ3v) is 6.28. The summed E-state index contributed by atoms with van der Waals surface area (Å²) in [5.41, 5.74) is 5.06. The molecule has 7 heteroatoms. The molecule has 0 saturated carbocycles. The number of anilines is 1. The minimum absolute atomic E-state index is 0.146. The van der Waals surface area contributed by atoms with Crippen LogP contribution >= 0.6 is 0 Å². The SMILES string of the molecule is COc1c(-c2ccc3cc(NS(C)(=O)=O)ccc3c2)cc(-c2ccc(=O)[nH]c2)cc1C(C)(C)C. The van der Waals surface area contributed by atoms with E-state index < -0.39 is 10.0 Å². The van der Waals surface area contributed by atoms with Gasteiger partial charge >= 0.3 is 0 Å². The fraction of sp³-hybridized carbons (Fsp3) is 0.222. The van der Waals surface area contributed by atoms with Gasteiger partial charge in [0.15, 0.2) is 0 Å². The predicted octanol–water partition coefficient (Wildman–Crippen LogP) is 5.54. The lowest BCUT2D eigenvalue weighted by Crippen LogP contribution is -2.14. The van der Waals surface area contributed by atoms with E-state index in [9.17, 15) is 13.2 Å². The van der Waals surface area contributed by atoms with Crippen LogP contribution in [0.3, 0.4) is 0 Å². The van der Waals surface area contributed by atoms with Crippen LogP contribution in [0.2, 0.25) is 0 Å². The van der Waals surface area contributed by atoms with E-state index in [-0.39, 0.29) is 11.0 Å². The summed E-state index contributed by atoms with van der Waals surface area (Å²) in [6.45, 7) is 6.42. The highest BCUT2D eigenvalue weighted by atomic mass is 32.2. The Labute approximate surface area is 199 Å². The Bertz CT molecular complexity index is 1530. The van der Waals surface area contributed by atoms with Gasteiger partial charge in [0.05, 0.1) is 13.4 Å². The van der Waals surface area contributed by atoms with Crippen LogP contribution in [0.25, 0.3) is 33.0 Å². The zero-order chi connectivity index (χ0) is 24.7. The summed E-state index contributed by atoms with van der Waals surface area (Å²) in [6.07, 6.45) is 2.85. The van der Waals surface area contributed by atoms with Gasteiger partial charge in [0.25, 0.3) is 0 Å². The lowest BCUT2D eigenvalue weighted by Gasteiger charge is -2.25. The number of benzene rings is 3. The molecular formula is C27H28N2O4S. The van der Waals surface area contributed by atoms with Crippen LogP contribution in [0, 0.1) is 0 Å². The normalized spacial score (nSPS) is 12.0. The highest BCUT2D eigenvalue weighted by Crippen LogP contribution is 2.43.